The highest BCUT2D eigenvalue weighted by Crippen LogP contribution is 2.22. The molecule has 0 spiro atoms. The number of halogens is 1. The summed E-state index contributed by atoms with van der Waals surface area (Å²) in [5.74, 6) is 0. The summed E-state index contributed by atoms with van der Waals surface area (Å²) < 4.78 is 31.5. The summed E-state index contributed by atoms with van der Waals surface area (Å²) in [5.41, 5.74) is 0.0159. The lowest BCUT2D eigenvalue weighted by Crippen LogP contribution is -2.31. The Morgan fingerprint density at radius 3 is 2.42 bits per heavy atom. The van der Waals surface area contributed by atoms with Gasteiger partial charge < -0.3 is 4.74 Å². The summed E-state index contributed by atoms with van der Waals surface area (Å²) in [6.45, 7) is -0.147. The Balaban J connectivity index is 2.07. The normalized spacial score (nSPS) is 10.9. The zero-order chi connectivity index (χ0) is 17.7. The largest absolute Gasteiger partial charge is 0.444 e. The third-order valence-electron chi connectivity index (χ3n) is 2.85. The van der Waals surface area contributed by atoms with Crippen molar-refractivity contribution in [1.29, 1.82) is 0 Å². The molecule has 0 saturated heterocycles. The van der Waals surface area contributed by atoms with Crippen molar-refractivity contribution in [3.8, 4) is 0 Å². The molecule has 0 aliphatic heterocycles. The molecule has 1 amide bonds. The molecule has 2 aromatic carbocycles. The van der Waals surface area contributed by atoms with Gasteiger partial charge >= 0.3 is 6.09 Å². The molecule has 2 aromatic rings. The summed E-state index contributed by atoms with van der Waals surface area (Å²) in [6, 6.07) is 11.5. The van der Waals surface area contributed by atoms with Gasteiger partial charge in [-0.1, -0.05) is 40.2 Å². The van der Waals surface area contributed by atoms with Crippen LogP contribution >= 0.6 is 15.9 Å². The van der Waals surface area contributed by atoms with E-state index in [4.69, 9.17) is 4.74 Å². The summed E-state index contributed by atoms with van der Waals surface area (Å²) in [4.78, 5) is 21.1. The number of amides is 1. The number of nitro benzene ring substituents is 1. The van der Waals surface area contributed by atoms with Crippen molar-refractivity contribution >= 4 is 37.7 Å². The van der Waals surface area contributed by atoms with E-state index in [9.17, 15) is 23.3 Å². The lowest BCUT2D eigenvalue weighted by atomic mass is 10.2. The monoisotopic (exact) mass is 414 g/mol. The van der Waals surface area contributed by atoms with Crippen molar-refractivity contribution in [2.24, 2.45) is 0 Å². The van der Waals surface area contributed by atoms with E-state index in [0.29, 0.717) is 5.56 Å². The molecule has 2 rings (SSSR count). The fourth-order valence-corrected chi connectivity index (χ4v) is 3.09. The molecular formula is C14H11BrN2O6S. The number of sulfonamides is 1. The van der Waals surface area contributed by atoms with Crippen LogP contribution in [0.15, 0.2) is 57.9 Å². The van der Waals surface area contributed by atoms with Crippen LogP contribution < -0.4 is 4.72 Å². The zero-order valence-corrected chi connectivity index (χ0v) is 14.4. The van der Waals surface area contributed by atoms with Crippen LogP contribution in [0.2, 0.25) is 0 Å². The molecule has 0 aliphatic carbocycles. The molecule has 0 aromatic heterocycles. The lowest BCUT2D eigenvalue weighted by Gasteiger charge is -2.08. The molecule has 0 heterocycles. The van der Waals surface area contributed by atoms with Crippen molar-refractivity contribution in [2.75, 3.05) is 0 Å². The van der Waals surface area contributed by atoms with Gasteiger partial charge in [0.1, 0.15) is 6.61 Å². The van der Waals surface area contributed by atoms with E-state index in [1.165, 1.54) is 12.1 Å². The number of ether oxygens (including phenoxy) is 1. The van der Waals surface area contributed by atoms with Crippen LogP contribution in [0.4, 0.5) is 10.5 Å². The second-order valence-corrected chi connectivity index (χ2v) is 7.10. The van der Waals surface area contributed by atoms with E-state index in [1.807, 2.05) is 0 Å². The first-order chi connectivity index (χ1) is 11.3. The third kappa shape index (κ3) is 4.52. The van der Waals surface area contributed by atoms with E-state index < -0.39 is 31.6 Å². The molecule has 0 saturated carbocycles. The van der Waals surface area contributed by atoms with E-state index in [2.05, 4.69) is 15.9 Å². The Hall–Kier alpha value is -2.46. The fourth-order valence-electron chi connectivity index (χ4n) is 1.76. The molecule has 0 atom stereocenters. The highest BCUT2D eigenvalue weighted by molar-refractivity contribution is 9.10. The molecule has 24 heavy (non-hydrogen) atoms. The van der Waals surface area contributed by atoms with Crippen molar-refractivity contribution in [3.63, 3.8) is 0 Å². The number of para-hydroxylation sites is 1. The minimum atomic E-state index is -4.42. The fraction of sp³-hybridized carbons (Fsp3) is 0.0714. The first-order valence-electron chi connectivity index (χ1n) is 6.47. The lowest BCUT2D eigenvalue weighted by molar-refractivity contribution is -0.387. The molecule has 0 radical (unpaired) electrons. The van der Waals surface area contributed by atoms with Crippen molar-refractivity contribution in [2.45, 2.75) is 11.5 Å². The topological polar surface area (TPSA) is 116 Å². The highest BCUT2D eigenvalue weighted by atomic mass is 79.9. The maximum absolute atomic E-state index is 12.1. The van der Waals surface area contributed by atoms with Gasteiger partial charge in [0.25, 0.3) is 15.7 Å². The summed E-state index contributed by atoms with van der Waals surface area (Å²) >= 11 is 3.26. The minimum absolute atomic E-state index is 0.147. The number of carbonyl (C=O) groups excluding carboxylic acids is 1. The Kier molecular flexibility index (Phi) is 5.52. The molecule has 8 nitrogen and oxygen atoms in total. The van der Waals surface area contributed by atoms with Gasteiger partial charge in [0.05, 0.1) is 4.92 Å². The zero-order valence-electron chi connectivity index (χ0n) is 12.0. The Labute approximate surface area is 145 Å². The van der Waals surface area contributed by atoms with E-state index >= 15 is 0 Å². The minimum Gasteiger partial charge on any atom is -0.444 e. The van der Waals surface area contributed by atoms with Crippen LogP contribution in [-0.4, -0.2) is 19.4 Å². The molecule has 126 valence electrons. The van der Waals surface area contributed by atoms with Gasteiger partial charge in [0.15, 0.2) is 4.90 Å². The van der Waals surface area contributed by atoms with Gasteiger partial charge in [0, 0.05) is 10.5 Å². The predicted molar refractivity (Wildman–Crippen MR) is 87.7 cm³/mol. The van der Waals surface area contributed by atoms with Gasteiger partial charge in [0.2, 0.25) is 0 Å². The number of hydrogen-bond donors (Lipinski definition) is 1. The van der Waals surface area contributed by atoms with Gasteiger partial charge in [-0.15, -0.1) is 0 Å². The van der Waals surface area contributed by atoms with Crippen molar-refractivity contribution in [1.82, 2.24) is 4.72 Å². The predicted octanol–water partition coefficient (Wildman–Crippen LogP) is 2.97. The maximum Gasteiger partial charge on any atom is 0.421 e. The van der Waals surface area contributed by atoms with Crippen LogP contribution in [0.25, 0.3) is 0 Å². The average molecular weight is 415 g/mol. The van der Waals surface area contributed by atoms with E-state index in [1.54, 1.807) is 29.0 Å². The summed E-state index contributed by atoms with van der Waals surface area (Å²) in [5, 5.41) is 10.9. The third-order valence-corrected chi connectivity index (χ3v) is 4.74. The van der Waals surface area contributed by atoms with E-state index in [-0.39, 0.29) is 6.61 Å². The molecule has 10 heteroatoms. The first-order valence-corrected chi connectivity index (χ1v) is 8.74. The highest BCUT2D eigenvalue weighted by Gasteiger charge is 2.27. The molecule has 0 bridgehead atoms. The van der Waals surface area contributed by atoms with Crippen LogP contribution in [-0.2, 0) is 21.4 Å². The van der Waals surface area contributed by atoms with Crippen LogP contribution in [0.5, 0.6) is 0 Å². The first kappa shape index (κ1) is 17.9. The Morgan fingerprint density at radius 1 is 1.17 bits per heavy atom. The maximum atomic E-state index is 12.1. The molecule has 1 N–H and O–H groups in total. The molecule has 0 aliphatic rings. The number of benzene rings is 2. The molecule has 0 unspecified atom stereocenters. The molecule has 0 fully saturated rings. The van der Waals surface area contributed by atoms with Gasteiger partial charge in [-0.05, 0) is 23.8 Å². The number of hydrogen-bond acceptors (Lipinski definition) is 6. The van der Waals surface area contributed by atoms with Crippen molar-refractivity contribution in [3.05, 3.63) is 68.7 Å². The van der Waals surface area contributed by atoms with Crippen molar-refractivity contribution < 1.29 is 22.9 Å². The van der Waals surface area contributed by atoms with Gasteiger partial charge in [-0.2, -0.15) is 0 Å². The van der Waals surface area contributed by atoms with Gasteiger partial charge in [-0.25, -0.2) is 17.9 Å². The summed E-state index contributed by atoms with van der Waals surface area (Å²) in [7, 11) is -4.42. The van der Waals surface area contributed by atoms with E-state index in [0.717, 1.165) is 16.6 Å². The number of nitro groups is 1. The van der Waals surface area contributed by atoms with Crippen LogP contribution in [0, 0.1) is 10.1 Å². The number of nitrogens with zero attached hydrogens (tertiary/aromatic N) is 1. The quantitative estimate of drug-likeness (QED) is 0.593. The number of nitrogens with one attached hydrogen (secondary N) is 1. The summed E-state index contributed by atoms with van der Waals surface area (Å²) in [6.07, 6.45) is -1.23. The average Bonchev–Trinajstić information content (AvgIpc) is 2.54. The number of rotatable bonds is 5. The Bertz CT molecular complexity index is 867. The smallest absolute Gasteiger partial charge is 0.421 e. The van der Waals surface area contributed by atoms with Gasteiger partial charge in [-0.3, -0.25) is 10.1 Å². The second-order valence-electron chi connectivity index (χ2n) is 4.53. The van der Waals surface area contributed by atoms with Crippen LogP contribution in [0.3, 0.4) is 0 Å². The SMILES string of the molecule is O=C(NS(=O)(=O)c1ccccc1[N+](=O)[O-])OCc1ccc(Br)cc1. The Morgan fingerprint density at radius 2 is 1.79 bits per heavy atom. The second kappa shape index (κ2) is 7.41. The van der Waals surface area contributed by atoms with Crippen LogP contribution in [0.1, 0.15) is 5.56 Å². The molecular weight excluding hydrogens is 404 g/mol. The standard InChI is InChI=1S/C14H11BrN2O6S/c15-11-7-5-10(6-8-11)9-23-14(18)16-24(21,22)13-4-2-1-3-12(13)17(19)20/h1-8H,9H2,(H,16,18). The number of carbonyl (C=O) groups is 1.